The van der Waals surface area contributed by atoms with Crippen molar-refractivity contribution in [3.8, 4) is 0 Å². The van der Waals surface area contributed by atoms with Crippen LogP contribution in [0.5, 0.6) is 0 Å². The number of nitrogens with zero attached hydrogens (tertiary/aromatic N) is 2. The van der Waals surface area contributed by atoms with Crippen LogP contribution in [0.4, 0.5) is 24.7 Å². The van der Waals surface area contributed by atoms with E-state index in [1.54, 1.807) is 24.3 Å². The van der Waals surface area contributed by atoms with E-state index < -0.39 is 23.5 Å². The van der Waals surface area contributed by atoms with Gasteiger partial charge in [0.25, 0.3) is 5.91 Å². The monoisotopic (exact) mass is 321 g/mol. The fourth-order valence-corrected chi connectivity index (χ4v) is 2.10. The Bertz CT molecular complexity index is 887. The predicted octanol–water partition coefficient (Wildman–Crippen LogP) is 2.81. The van der Waals surface area contributed by atoms with E-state index in [1.165, 1.54) is 6.07 Å². The van der Waals surface area contributed by atoms with Crippen molar-refractivity contribution in [1.82, 2.24) is 15.2 Å². The number of hydrogen-bond donors (Lipinski definition) is 3. The molecule has 3 rings (SSSR count). The molecule has 118 valence electrons. The van der Waals surface area contributed by atoms with Crippen LogP contribution < -0.4 is 11.1 Å². The highest BCUT2D eigenvalue weighted by Gasteiger charge is 2.36. The van der Waals surface area contributed by atoms with Gasteiger partial charge in [-0.05, 0) is 12.1 Å². The Morgan fingerprint density at radius 2 is 2.00 bits per heavy atom. The number of carbonyl (C=O) groups is 1. The van der Waals surface area contributed by atoms with Crippen molar-refractivity contribution in [2.24, 2.45) is 0 Å². The molecule has 2 aromatic heterocycles. The van der Waals surface area contributed by atoms with Gasteiger partial charge in [-0.1, -0.05) is 18.2 Å². The smallest absolute Gasteiger partial charge is 0.383 e. The second-order valence-corrected chi connectivity index (χ2v) is 4.72. The van der Waals surface area contributed by atoms with Crippen molar-refractivity contribution in [3.63, 3.8) is 0 Å². The number of nitrogens with two attached hydrogens (primary N) is 1. The molecule has 0 aliphatic rings. The number of amides is 1. The minimum absolute atomic E-state index is 0.0157. The van der Waals surface area contributed by atoms with E-state index in [1.807, 2.05) is 5.10 Å². The molecule has 0 atom stereocenters. The number of H-pyrrole nitrogens is 1. The Morgan fingerprint density at radius 1 is 1.26 bits per heavy atom. The van der Waals surface area contributed by atoms with Crippen molar-refractivity contribution in [3.05, 3.63) is 47.8 Å². The molecule has 0 unspecified atom stereocenters. The summed E-state index contributed by atoms with van der Waals surface area (Å²) in [5, 5.41) is 7.91. The van der Waals surface area contributed by atoms with Crippen LogP contribution in [0.15, 0.2) is 36.5 Å². The van der Waals surface area contributed by atoms with Gasteiger partial charge in [-0.25, -0.2) is 4.98 Å². The highest BCUT2D eigenvalue weighted by molar-refractivity contribution is 6.09. The fraction of sp³-hybridized carbons (Fsp3) is 0.0714. The molecule has 2 heterocycles. The number of rotatable bonds is 2. The van der Waals surface area contributed by atoms with Gasteiger partial charge in [0.1, 0.15) is 5.82 Å². The van der Waals surface area contributed by atoms with Crippen LogP contribution in [0.25, 0.3) is 10.9 Å². The molecule has 0 spiro atoms. The lowest BCUT2D eigenvalue weighted by Gasteiger charge is -2.10. The number of halogens is 3. The Morgan fingerprint density at radius 3 is 2.74 bits per heavy atom. The lowest BCUT2D eigenvalue weighted by molar-refractivity contribution is -0.140. The second kappa shape index (κ2) is 5.27. The first-order valence-electron chi connectivity index (χ1n) is 6.43. The van der Waals surface area contributed by atoms with E-state index >= 15 is 0 Å². The molecular weight excluding hydrogens is 311 g/mol. The van der Waals surface area contributed by atoms with Gasteiger partial charge in [0, 0.05) is 5.39 Å². The number of nitrogens with one attached hydrogen (secondary N) is 2. The van der Waals surface area contributed by atoms with E-state index in [9.17, 15) is 18.0 Å². The number of alkyl halides is 3. The van der Waals surface area contributed by atoms with Crippen molar-refractivity contribution < 1.29 is 18.0 Å². The van der Waals surface area contributed by atoms with Crippen LogP contribution >= 0.6 is 0 Å². The minimum atomic E-state index is -4.66. The summed E-state index contributed by atoms with van der Waals surface area (Å²) in [5.74, 6) is -0.870. The number of anilines is 2. The maximum atomic E-state index is 12.8. The van der Waals surface area contributed by atoms with Crippen molar-refractivity contribution in [2.75, 3.05) is 11.1 Å². The van der Waals surface area contributed by atoms with Gasteiger partial charge in [0.05, 0.1) is 23.0 Å². The number of pyridine rings is 1. The number of fused-ring (bicyclic) bond motifs is 1. The van der Waals surface area contributed by atoms with E-state index in [0.29, 0.717) is 10.9 Å². The number of aromatic nitrogens is 3. The summed E-state index contributed by atoms with van der Waals surface area (Å²) < 4.78 is 38.3. The predicted molar refractivity (Wildman–Crippen MR) is 77.7 cm³/mol. The van der Waals surface area contributed by atoms with Gasteiger partial charge < -0.3 is 11.1 Å². The topological polar surface area (TPSA) is 96.7 Å². The number of aromatic amines is 1. The molecule has 23 heavy (non-hydrogen) atoms. The molecule has 0 aliphatic carbocycles. The number of para-hydroxylation sites is 1. The molecule has 0 aliphatic heterocycles. The van der Waals surface area contributed by atoms with Crippen LogP contribution in [-0.2, 0) is 6.18 Å². The molecule has 0 bridgehead atoms. The molecule has 3 aromatic rings. The molecule has 4 N–H and O–H groups in total. The third-order valence-corrected chi connectivity index (χ3v) is 3.17. The van der Waals surface area contributed by atoms with Crippen molar-refractivity contribution in [2.45, 2.75) is 6.18 Å². The first kappa shape index (κ1) is 14.8. The van der Waals surface area contributed by atoms with E-state index in [2.05, 4.69) is 15.4 Å². The summed E-state index contributed by atoms with van der Waals surface area (Å²) >= 11 is 0. The Labute approximate surface area is 127 Å². The van der Waals surface area contributed by atoms with Gasteiger partial charge in [-0.3, -0.25) is 9.89 Å². The SMILES string of the molecule is Nc1nc2ccccc2cc1C(=O)Nc1cn[nH]c1C(F)(F)F. The van der Waals surface area contributed by atoms with E-state index in [-0.39, 0.29) is 11.4 Å². The summed E-state index contributed by atoms with van der Waals surface area (Å²) in [5.41, 5.74) is 4.67. The molecule has 1 aromatic carbocycles. The highest BCUT2D eigenvalue weighted by atomic mass is 19.4. The average Bonchev–Trinajstić information content (AvgIpc) is 2.94. The fourth-order valence-electron chi connectivity index (χ4n) is 2.10. The lowest BCUT2D eigenvalue weighted by atomic mass is 10.1. The zero-order valence-electron chi connectivity index (χ0n) is 11.5. The molecule has 0 saturated carbocycles. The largest absolute Gasteiger partial charge is 0.434 e. The zero-order chi connectivity index (χ0) is 16.6. The van der Waals surface area contributed by atoms with Crippen LogP contribution in [0.2, 0.25) is 0 Å². The number of hydrogen-bond acceptors (Lipinski definition) is 4. The molecule has 0 radical (unpaired) electrons. The summed E-state index contributed by atoms with van der Waals surface area (Å²) in [6, 6.07) is 8.42. The summed E-state index contributed by atoms with van der Waals surface area (Å²) in [6.07, 6.45) is -3.78. The third kappa shape index (κ3) is 2.80. The van der Waals surface area contributed by atoms with Crippen LogP contribution in [-0.4, -0.2) is 21.1 Å². The Kier molecular flexibility index (Phi) is 3.40. The maximum Gasteiger partial charge on any atom is 0.434 e. The summed E-state index contributed by atoms with van der Waals surface area (Å²) in [6.45, 7) is 0. The quantitative estimate of drug-likeness (QED) is 0.676. The molecule has 1 amide bonds. The van der Waals surface area contributed by atoms with Crippen LogP contribution in [0.3, 0.4) is 0 Å². The highest BCUT2D eigenvalue weighted by Crippen LogP contribution is 2.33. The maximum absolute atomic E-state index is 12.8. The second-order valence-electron chi connectivity index (χ2n) is 4.72. The van der Waals surface area contributed by atoms with Gasteiger partial charge in [0.2, 0.25) is 0 Å². The lowest BCUT2D eigenvalue weighted by Crippen LogP contribution is -2.17. The first-order valence-corrected chi connectivity index (χ1v) is 6.43. The molecule has 0 fully saturated rings. The van der Waals surface area contributed by atoms with Gasteiger partial charge in [-0.2, -0.15) is 18.3 Å². The van der Waals surface area contributed by atoms with Crippen molar-refractivity contribution >= 4 is 28.3 Å². The van der Waals surface area contributed by atoms with E-state index in [0.717, 1.165) is 6.20 Å². The summed E-state index contributed by atoms with van der Waals surface area (Å²) in [4.78, 5) is 16.3. The standard InChI is InChI=1S/C14H10F3N5O/c15-14(16,17)11-10(6-19-22-11)21-13(23)8-5-7-3-1-2-4-9(7)20-12(8)18/h1-6H,(H2,18,20)(H,19,22)(H,21,23). The number of carbonyl (C=O) groups excluding carboxylic acids is 1. The van der Waals surface area contributed by atoms with Crippen LogP contribution in [0.1, 0.15) is 16.1 Å². The Hall–Kier alpha value is -3.10. The average molecular weight is 321 g/mol. The molecule has 9 heteroatoms. The van der Waals surface area contributed by atoms with Crippen LogP contribution in [0, 0.1) is 0 Å². The number of nitrogen functional groups attached to an aromatic ring is 1. The zero-order valence-corrected chi connectivity index (χ0v) is 11.5. The molecular formula is C14H10F3N5O. The van der Waals surface area contributed by atoms with Gasteiger partial charge in [0.15, 0.2) is 5.69 Å². The number of benzene rings is 1. The molecule has 6 nitrogen and oxygen atoms in total. The Balaban J connectivity index is 1.95. The normalized spacial score (nSPS) is 11.6. The van der Waals surface area contributed by atoms with Gasteiger partial charge in [-0.15, -0.1) is 0 Å². The van der Waals surface area contributed by atoms with E-state index in [4.69, 9.17) is 5.73 Å². The molecule has 0 saturated heterocycles. The summed E-state index contributed by atoms with van der Waals surface area (Å²) in [7, 11) is 0. The van der Waals surface area contributed by atoms with Crippen molar-refractivity contribution in [1.29, 1.82) is 0 Å². The van der Waals surface area contributed by atoms with Gasteiger partial charge >= 0.3 is 6.18 Å². The third-order valence-electron chi connectivity index (χ3n) is 3.17. The minimum Gasteiger partial charge on any atom is -0.383 e. The first-order chi connectivity index (χ1) is 10.9.